The monoisotopic (exact) mass is 263 g/mol. The molecule has 0 saturated carbocycles. The topological polar surface area (TPSA) is 67.6 Å². The zero-order chi connectivity index (χ0) is 14.0. The van der Waals surface area contributed by atoms with E-state index in [-0.39, 0.29) is 18.1 Å². The lowest BCUT2D eigenvalue weighted by atomic mass is 10.1. The lowest BCUT2D eigenvalue weighted by molar-refractivity contribution is -0.120. The second kappa shape index (κ2) is 5.19. The lowest BCUT2D eigenvalue weighted by Gasteiger charge is -2.27. The fourth-order valence-corrected chi connectivity index (χ4v) is 1.84. The average Bonchev–Trinajstić information content (AvgIpc) is 2.41. The van der Waals surface area contributed by atoms with Gasteiger partial charge in [-0.1, -0.05) is 6.07 Å². The summed E-state index contributed by atoms with van der Waals surface area (Å²) in [5.41, 5.74) is 7.51. The molecule has 1 heterocycles. The standard InChI is InChI=1S/C14H21N3O2/c1-14(2,9-15)16-7-10-4-5-12-11(6-10)17(3)13(18)8-19-12/h4-6,16H,7-9,15H2,1-3H3. The summed E-state index contributed by atoms with van der Waals surface area (Å²) in [5.74, 6) is 0.726. The first-order valence-corrected chi connectivity index (χ1v) is 6.40. The largest absolute Gasteiger partial charge is 0.482 e. The smallest absolute Gasteiger partial charge is 0.264 e. The number of rotatable bonds is 4. The molecular weight excluding hydrogens is 242 g/mol. The zero-order valence-electron chi connectivity index (χ0n) is 11.7. The molecule has 1 aromatic rings. The van der Waals surface area contributed by atoms with Gasteiger partial charge in [-0.25, -0.2) is 0 Å². The Kier molecular flexibility index (Phi) is 3.78. The van der Waals surface area contributed by atoms with Gasteiger partial charge in [0.15, 0.2) is 6.61 Å². The number of hydrogen-bond donors (Lipinski definition) is 2. The SMILES string of the molecule is CN1C(=O)COc2ccc(CNC(C)(C)CN)cc21. The van der Waals surface area contributed by atoms with Crippen LogP contribution in [0.2, 0.25) is 0 Å². The van der Waals surface area contributed by atoms with Crippen LogP contribution in [-0.4, -0.2) is 31.6 Å². The number of ether oxygens (including phenoxy) is 1. The summed E-state index contributed by atoms with van der Waals surface area (Å²) < 4.78 is 5.40. The number of carbonyl (C=O) groups is 1. The van der Waals surface area contributed by atoms with Gasteiger partial charge in [-0.3, -0.25) is 4.79 Å². The quantitative estimate of drug-likeness (QED) is 0.846. The van der Waals surface area contributed by atoms with Crippen molar-refractivity contribution in [3.63, 3.8) is 0 Å². The predicted octanol–water partition coefficient (Wildman–Crippen LogP) is 0.869. The highest BCUT2D eigenvalue weighted by Gasteiger charge is 2.22. The molecule has 104 valence electrons. The number of carbonyl (C=O) groups excluding carboxylic acids is 1. The first-order valence-electron chi connectivity index (χ1n) is 6.40. The normalized spacial score (nSPS) is 15.2. The Labute approximate surface area is 113 Å². The number of likely N-dealkylation sites (N-methyl/N-ethyl adjacent to an activating group) is 1. The Morgan fingerprint density at radius 3 is 2.89 bits per heavy atom. The van der Waals surface area contributed by atoms with E-state index in [0.29, 0.717) is 13.1 Å². The summed E-state index contributed by atoms with van der Waals surface area (Å²) >= 11 is 0. The third-order valence-electron chi connectivity index (χ3n) is 3.39. The van der Waals surface area contributed by atoms with E-state index in [9.17, 15) is 4.79 Å². The number of nitrogens with zero attached hydrogens (tertiary/aromatic N) is 1. The molecule has 0 unspecified atom stereocenters. The van der Waals surface area contributed by atoms with E-state index in [2.05, 4.69) is 19.2 Å². The predicted molar refractivity (Wildman–Crippen MR) is 75.3 cm³/mol. The van der Waals surface area contributed by atoms with Crippen molar-refractivity contribution in [2.75, 3.05) is 25.1 Å². The van der Waals surface area contributed by atoms with Crippen LogP contribution in [0.1, 0.15) is 19.4 Å². The van der Waals surface area contributed by atoms with Crippen molar-refractivity contribution in [1.29, 1.82) is 0 Å². The summed E-state index contributed by atoms with van der Waals surface area (Å²) in [5, 5.41) is 3.39. The van der Waals surface area contributed by atoms with Crippen LogP contribution in [0.25, 0.3) is 0 Å². The van der Waals surface area contributed by atoms with Crippen LogP contribution in [0, 0.1) is 0 Å². The van der Waals surface area contributed by atoms with E-state index < -0.39 is 0 Å². The highest BCUT2D eigenvalue weighted by atomic mass is 16.5. The first-order chi connectivity index (χ1) is 8.93. The van der Waals surface area contributed by atoms with Gasteiger partial charge in [-0.2, -0.15) is 0 Å². The fourth-order valence-electron chi connectivity index (χ4n) is 1.84. The average molecular weight is 263 g/mol. The van der Waals surface area contributed by atoms with E-state index in [0.717, 1.165) is 17.0 Å². The molecule has 1 amide bonds. The van der Waals surface area contributed by atoms with Crippen molar-refractivity contribution in [3.05, 3.63) is 23.8 Å². The van der Waals surface area contributed by atoms with Crippen LogP contribution in [0.4, 0.5) is 5.69 Å². The second-order valence-electron chi connectivity index (χ2n) is 5.49. The molecule has 0 bridgehead atoms. The minimum atomic E-state index is -0.103. The maximum Gasteiger partial charge on any atom is 0.264 e. The Bertz CT molecular complexity index is 486. The van der Waals surface area contributed by atoms with Gasteiger partial charge < -0.3 is 20.7 Å². The van der Waals surface area contributed by atoms with Gasteiger partial charge >= 0.3 is 0 Å². The molecule has 5 heteroatoms. The second-order valence-corrected chi connectivity index (χ2v) is 5.49. The molecule has 0 spiro atoms. The van der Waals surface area contributed by atoms with Gasteiger partial charge in [0, 0.05) is 25.7 Å². The molecule has 2 rings (SSSR count). The minimum Gasteiger partial charge on any atom is -0.482 e. The van der Waals surface area contributed by atoms with Crippen molar-refractivity contribution >= 4 is 11.6 Å². The van der Waals surface area contributed by atoms with Crippen LogP contribution in [0.5, 0.6) is 5.75 Å². The Hall–Kier alpha value is -1.59. The third kappa shape index (κ3) is 3.05. The molecular formula is C14H21N3O2. The fraction of sp³-hybridized carbons (Fsp3) is 0.500. The summed E-state index contributed by atoms with van der Waals surface area (Å²) in [4.78, 5) is 13.2. The van der Waals surface area contributed by atoms with Crippen LogP contribution < -0.4 is 20.7 Å². The number of hydrogen-bond acceptors (Lipinski definition) is 4. The molecule has 1 aliphatic rings. The maximum atomic E-state index is 11.6. The molecule has 0 aliphatic carbocycles. The van der Waals surface area contributed by atoms with Crippen molar-refractivity contribution in [2.45, 2.75) is 25.9 Å². The lowest BCUT2D eigenvalue weighted by Crippen LogP contribution is -2.45. The number of benzene rings is 1. The maximum absolute atomic E-state index is 11.6. The van der Waals surface area contributed by atoms with Gasteiger partial charge in [-0.05, 0) is 31.5 Å². The van der Waals surface area contributed by atoms with Gasteiger partial charge in [0.2, 0.25) is 0 Å². The highest BCUT2D eigenvalue weighted by molar-refractivity contribution is 5.97. The van der Waals surface area contributed by atoms with Crippen LogP contribution >= 0.6 is 0 Å². The number of anilines is 1. The number of amides is 1. The third-order valence-corrected chi connectivity index (χ3v) is 3.39. The van der Waals surface area contributed by atoms with Crippen LogP contribution in [-0.2, 0) is 11.3 Å². The van der Waals surface area contributed by atoms with E-state index in [1.807, 2.05) is 18.2 Å². The summed E-state index contributed by atoms with van der Waals surface area (Å²) in [6.45, 7) is 5.51. The van der Waals surface area contributed by atoms with E-state index in [1.54, 1.807) is 11.9 Å². The summed E-state index contributed by atoms with van der Waals surface area (Å²) in [7, 11) is 1.77. The molecule has 0 saturated heterocycles. The Morgan fingerprint density at radius 2 is 2.21 bits per heavy atom. The van der Waals surface area contributed by atoms with Gasteiger partial charge in [-0.15, -0.1) is 0 Å². The first kappa shape index (κ1) is 13.8. The van der Waals surface area contributed by atoms with Crippen molar-refractivity contribution in [3.8, 4) is 5.75 Å². The van der Waals surface area contributed by atoms with Gasteiger partial charge in [0.1, 0.15) is 5.75 Å². The number of fused-ring (bicyclic) bond motifs is 1. The van der Waals surface area contributed by atoms with Gasteiger partial charge in [0.25, 0.3) is 5.91 Å². The van der Waals surface area contributed by atoms with Crippen LogP contribution in [0.15, 0.2) is 18.2 Å². The molecule has 0 fully saturated rings. The van der Waals surface area contributed by atoms with Crippen molar-refractivity contribution < 1.29 is 9.53 Å². The van der Waals surface area contributed by atoms with Gasteiger partial charge in [0.05, 0.1) is 5.69 Å². The van der Waals surface area contributed by atoms with Crippen molar-refractivity contribution in [2.24, 2.45) is 5.73 Å². The van der Waals surface area contributed by atoms with Crippen molar-refractivity contribution in [1.82, 2.24) is 5.32 Å². The molecule has 0 atom stereocenters. The zero-order valence-corrected chi connectivity index (χ0v) is 11.7. The van der Waals surface area contributed by atoms with E-state index in [1.165, 1.54) is 0 Å². The Morgan fingerprint density at radius 1 is 1.47 bits per heavy atom. The molecule has 1 aliphatic heterocycles. The number of nitrogens with two attached hydrogens (primary N) is 1. The summed E-state index contributed by atoms with van der Waals surface area (Å²) in [6.07, 6.45) is 0. The van der Waals surface area contributed by atoms with Crippen LogP contribution in [0.3, 0.4) is 0 Å². The molecule has 3 N–H and O–H groups in total. The molecule has 1 aromatic carbocycles. The molecule has 19 heavy (non-hydrogen) atoms. The highest BCUT2D eigenvalue weighted by Crippen LogP contribution is 2.31. The molecule has 0 radical (unpaired) electrons. The number of nitrogens with one attached hydrogen (secondary N) is 1. The molecule has 5 nitrogen and oxygen atoms in total. The molecule has 0 aromatic heterocycles. The van der Waals surface area contributed by atoms with E-state index in [4.69, 9.17) is 10.5 Å². The Balaban J connectivity index is 2.14. The minimum absolute atomic E-state index is 0.0279. The summed E-state index contributed by atoms with van der Waals surface area (Å²) in [6, 6.07) is 5.89. The van der Waals surface area contributed by atoms with E-state index >= 15 is 0 Å².